The Morgan fingerprint density at radius 1 is 1.21 bits per heavy atom. The average molecular weight is 360 g/mol. The molecule has 3 rings (SSSR count). The van der Waals surface area contributed by atoms with Crippen LogP contribution in [0.25, 0.3) is 10.2 Å². The van der Waals surface area contributed by atoms with E-state index in [9.17, 15) is 9.59 Å². The number of aryl methyl sites for hydroxylation is 1. The second-order valence-corrected chi connectivity index (χ2v) is 6.91. The Hall–Kier alpha value is -2.25. The van der Waals surface area contributed by atoms with E-state index in [1.54, 1.807) is 13.0 Å². The fourth-order valence-corrected chi connectivity index (χ4v) is 3.96. The Morgan fingerprint density at radius 3 is 2.79 bits per heavy atom. The fourth-order valence-electron chi connectivity index (χ4n) is 2.30. The summed E-state index contributed by atoms with van der Waals surface area (Å²) in [6.45, 7) is 2.58. The van der Waals surface area contributed by atoms with E-state index in [1.165, 1.54) is 22.7 Å². The average Bonchev–Trinajstić information content (AvgIpc) is 3.21. The monoisotopic (exact) mass is 360 g/mol. The van der Waals surface area contributed by atoms with Crippen molar-refractivity contribution < 1.29 is 14.3 Å². The van der Waals surface area contributed by atoms with Gasteiger partial charge in [-0.05, 0) is 30.5 Å². The smallest absolute Gasteiger partial charge is 0.307 e. The molecular formula is C17H16N2O3S2. The van der Waals surface area contributed by atoms with E-state index in [-0.39, 0.29) is 18.3 Å². The van der Waals surface area contributed by atoms with Crippen molar-refractivity contribution in [2.24, 2.45) is 4.99 Å². The van der Waals surface area contributed by atoms with Crippen molar-refractivity contribution in [3.05, 3.63) is 51.5 Å². The number of esters is 1. The number of nitrogens with zero attached hydrogens (tertiary/aromatic N) is 2. The first kappa shape index (κ1) is 16.6. The Labute approximate surface area is 146 Å². The summed E-state index contributed by atoms with van der Waals surface area (Å²) in [5.41, 5.74) is 0.963. The van der Waals surface area contributed by atoms with Gasteiger partial charge in [-0.15, -0.1) is 11.3 Å². The summed E-state index contributed by atoms with van der Waals surface area (Å²) >= 11 is 2.81. The third-order valence-corrected chi connectivity index (χ3v) is 5.28. The SMILES string of the molecule is CCOC(=O)CCn1c(=NC(=O)c2cccs2)sc2ccccc21. The molecule has 0 spiro atoms. The number of fused-ring (bicyclic) bond motifs is 1. The van der Waals surface area contributed by atoms with Crippen LogP contribution in [0.3, 0.4) is 0 Å². The third kappa shape index (κ3) is 3.63. The number of hydrogen-bond donors (Lipinski definition) is 0. The maximum absolute atomic E-state index is 12.3. The van der Waals surface area contributed by atoms with Crippen molar-refractivity contribution in [1.82, 2.24) is 4.57 Å². The molecule has 0 atom stereocenters. The first-order chi connectivity index (χ1) is 11.7. The van der Waals surface area contributed by atoms with E-state index in [0.717, 1.165) is 10.2 Å². The van der Waals surface area contributed by atoms with Gasteiger partial charge >= 0.3 is 5.97 Å². The first-order valence-corrected chi connectivity index (χ1v) is 9.25. The number of benzene rings is 1. The van der Waals surface area contributed by atoms with Gasteiger partial charge in [0.05, 0.1) is 28.1 Å². The molecule has 2 heterocycles. The molecule has 0 bridgehead atoms. The highest BCUT2D eigenvalue weighted by Crippen LogP contribution is 2.18. The summed E-state index contributed by atoms with van der Waals surface area (Å²) in [5, 5.41) is 1.85. The number of rotatable bonds is 5. The maximum Gasteiger partial charge on any atom is 0.307 e. The fraction of sp³-hybridized carbons (Fsp3) is 0.235. The summed E-state index contributed by atoms with van der Waals surface area (Å²) in [6, 6.07) is 11.4. The Balaban J connectivity index is 1.98. The van der Waals surface area contributed by atoms with Gasteiger partial charge in [0, 0.05) is 6.54 Å². The highest BCUT2D eigenvalue weighted by molar-refractivity contribution is 7.16. The Morgan fingerprint density at radius 2 is 2.04 bits per heavy atom. The van der Waals surface area contributed by atoms with Crippen molar-refractivity contribution in [3.63, 3.8) is 0 Å². The molecule has 2 aromatic heterocycles. The second-order valence-electron chi connectivity index (χ2n) is 4.95. The molecule has 24 heavy (non-hydrogen) atoms. The summed E-state index contributed by atoms with van der Waals surface area (Å²) in [6.07, 6.45) is 0.245. The molecule has 124 valence electrons. The van der Waals surface area contributed by atoms with Crippen LogP contribution in [0.1, 0.15) is 23.0 Å². The number of carbonyl (C=O) groups is 2. The number of thiophene rings is 1. The van der Waals surface area contributed by atoms with E-state index in [2.05, 4.69) is 4.99 Å². The molecule has 0 aliphatic heterocycles. The molecule has 0 aliphatic carbocycles. The Bertz CT molecular complexity index is 923. The first-order valence-electron chi connectivity index (χ1n) is 7.55. The van der Waals surface area contributed by atoms with Gasteiger partial charge in [0.2, 0.25) is 0 Å². The minimum Gasteiger partial charge on any atom is -0.466 e. The zero-order valence-electron chi connectivity index (χ0n) is 13.1. The molecule has 7 heteroatoms. The third-order valence-electron chi connectivity index (χ3n) is 3.36. The number of aromatic nitrogens is 1. The quantitative estimate of drug-likeness (QED) is 0.655. The van der Waals surface area contributed by atoms with Crippen LogP contribution in [0.4, 0.5) is 0 Å². The Kier molecular flexibility index (Phi) is 5.22. The van der Waals surface area contributed by atoms with Gasteiger partial charge in [-0.2, -0.15) is 4.99 Å². The van der Waals surface area contributed by atoms with Crippen LogP contribution in [-0.2, 0) is 16.1 Å². The van der Waals surface area contributed by atoms with Gasteiger partial charge in [-0.25, -0.2) is 0 Å². The number of hydrogen-bond acceptors (Lipinski definition) is 5. The van der Waals surface area contributed by atoms with Crippen LogP contribution in [-0.4, -0.2) is 23.1 Å². The van der Waals surface area contributed by atoms with Crippen LogP contribution in [0, 0.1) is 0 Å². The van der Waals surface area contributed by atoms with E-state index in [0.29, 0.717) is 22.8 Å². The van der Waals surface area contributed by atoms with Gasteiger partial charge in [0.15, 0.2) is 4.80 Å². The minimum absolute atomic E-state index is 0.245. The van der Waals surface area contributed by atoms with E-state index in [4.69, 9.17) is 4.74 Å². The van der Waals surface area contributed by atoms with Gasteiger partial charge in [-0.3, -0.25) is 9.59 Å². The highest BCUT2D eigenvalue weighted by Gasteiger charge is 2.11. The number of amides is 1. The molecule has 0 N–H and O–H groups in total. The molecule has 0 saturated carbocycles. The van der Waals surface area contributed by atoms with Crippen molar-refractivity contribution in [3.8, 4) is 0 Å². The zero-order valence-corrected chi connectivity index (χ0v) is 14.7. The lowest BCUT2D eigenvalue weighted by atomic mass is 10.3. The second kappa shape index (κ2) is 7.55. The molecule has 0 aliphatic rings. The molecular weight excluding hydrogens is 344 g/mol. The standard InChI is InChI=1S/C17H16N2O3S2/c1-2-22-15(20)9-10-19-12-6-3-4-7-13(12)24-17(19)18-16(21)14-8-5-11-23-14/h3-8,11H,2,9-10H2,1H3. The van der Waals surface area contributed by atoms with E-state index in [1.807, 2.05) is 40.3 Å². The van der Waals surface area contributed by atoms with Gasteiger partial charge < -0.3 is 9.30 Å². The van der Waals surface area contributed by atoms with Crippen molar-refractivity contribution in [1.29, 1.82) is 0 Å². The number of carbonyl (C=O) groups excluding carboxylic acids is 2. The van der Waals surface area contributed by atoms with Crippen LogP contribution < -0.4 is 4.80 Å². The predicted molar refractivity (Wildman–Crippen MR) is 95.3 cm³/mol. The summed E-state index contributed by atoms with van der Waals surface area (Å²) in [5.74, 6) is -0.516. The molecule has 1 aromatic carbocycles. The molecule has 0 radical (unpaired) electrons. The molecule has 1 amide bonds. The summed E-state index contributed by atoms with van der Waals surface area (Å²) < 4.78 is 7.92. The van der Waals surface area contributed by atoms with Gasteiger partial charge in [-0.1, -0.05) is 29.5 Å². The maximum atomic E-state index is 12.3. The molecule has 0 saturated heterocycles. The topological polar surface area (TPSA) is 60.7 Å². The predicted octanol–water partition coefficient (Wildman–Crippen LogP) is 3.46. The van der Waals surface area contributed by atoms with Crippen LogP contribution in [0.5, 0.6) is 0 Å². The van der Waals surface area contributed by atoms with Crippen molar-refractivity contribution >= 4 is 44.8 Å². The largest absolute Gasteiger partial charge is 0.466 e. The summed E-state index contributed by atoms with van der Waals surface area (Å²) in [7, 11) is 0. The van der Waals surface area contributed by atoms with Crippen molar-refractivity contribution in [2.75, 3.05) is 6.61 Å². The number of ether oxygens (including phenoxy) is 1. The minimum atomic E-state index is -0.263. The van der Waals surface area contributed by atoms with E-state index < -0.39 is 0 Å². The zero-order chi connectivity index (χ0) is 16.9. The van der Waals surface area contributed by atoms with Crippen LogP contribution in [0.2, 0.25) is 0 Å². The van der Waals surface area contributed by atoms with Crippen molar-refractivity contribution in [2.45, 2.75) is 19.9 Å². The van der Waals surface area contributed by atoms with Crippen LogP contribution in [0.15, 0.2) is 46.8 Å². The molecule has 0 fully saturated rings. The lowest BCUT2D eigenvalue weighted by molar-refractivity contribution is -0.143. The normalized spacial score (nSPS) is 11.8. The lowest BCUT2D eigenvalue weighted by Gasteiger charge is -2.05. The van der Waals surface area contributed by atoms with Crippen LogP contribution >= 0.6 is 22.7 Å². The highest BCUT2D eigenvalue weighted by atomic mass is 32.1. The van der Waals surface area contributed by atoms with Gasteiger partial charge in [0.1, 0.15) is 0 Å². The molecule has 5 nitrogen and oxygen atoms in total. The molecule has 0 unspecified atom stereocenters. The lowest BCUT2D eigenvalue weighted by Crippen LogP contribution is -2.19. The number of para-hydroxylation sites is 1. The van der Waals surface area contributed by atoms with E-state index >= 15 is 0 Å². The molecule has 3 aromatic rings. The number of thiazole rings is 1. The summed E-state index contributed by atoms with van der Waals surface area (Å²) in [4.78, 5) is 29.4. The van der Waals surface area contributed by atoms with Gasteiger partial charge in [0.25, 0.3) is 5.91 Å².